The van der Waals surface area contributed by atoms with Crippen molar-refractivity contribution in [1.82, 2.24) is 4.90 Å². The highest BCUT2D eigenvalue weighted by molar-refractivity contribution is 8.00. The molecule has 1 aromatic rings. The molecule has 0 unspecified atom stereocenters. The fourth-order valence-electron chi connectivity index (χ4n) is 1.27. The van der Waals surface area contributed by atoms with Gasteiger partial charge in [0.15, 0.2) is 5.78 Å². The SMILES string of the molecule is CSc1ccc(C(=O)CSCCN(C)C)cc1. The Labute approximate surface area is 112 Å². The van der Waals surface area contributed by atoms with Crippen LogP contribution in [0.2, 0.25) is 0 Å². The van der Waals surface area contributed by atoms with Gasteiger partial charge < -0.3 is 4.90 Å². The first kappa shape index (κ1) is 14.6. The van der Waals surface area contributed by atoms with E-state index in [1.165, 1.54) is 4.90 Å². The lowest BCUT2D eigenvalue weighted by Gasteiger charge is -2.08. The van der Waals surface area contributed by atoms with Crippen LogP contribution < -0.4 is 0 Å². The van der Waals surface area contributed by atoms with Crippen LogP contribution in [0.4, 0.5) is 0 Å². The Hall–Kier alpha value is -0.450. The number of carbonyl (C=O) groups is 1. The topological polar surface area (TPSA) is 20.3 Å². The Bertz CT molecular complexity index is 349. The molecule has 0 saturated heterocycles. The van der Waals surface area contributed by atoms with E-state index in [4.69, 9.17) is 0 Å². The Morgan fingerprint density at radius 2 is 1.88 bits per heavy atom. The summed E-state index contributed by atoms with van der Waals surface area (Å²) in [6, 6.07) is 7.84. The third-order valence-electron chi connectivity index (χ3n) is 2.33. The van der Waals surface area contributed by atoms with Gasteiger partial charge in [0, 0.05) is 22.8 Å². The van der Waals surface area contributed by atoms with Gasteiger partial charge in [0.2, 0.25) is 0 Å². The molecule has 0 aromatic heterocycles. The van der Waals surface area contributed by atoms with E-state index in [1.54, 1.807) is 23.5 Å². The Kier molecular flexibility index (Phi) is 6.70. The molecule has 17 heavy (non-hydrogen) atoms. The van der Waals surface area contributed by atoms with Crippen LogP contribution in [-0.4, -0.2) is 49.1 Å². The predicted molar refractivity (Wildman–Crippen MR) is 78.4 cm³/mol. The summed E-state index contributed by atoms with van der Waals surface area (Å²) >= 11 is 3.39. The third-order valence-corrected chi connectivity index (χ3v) is 4.01. The van der Waals surface area contributed by atoms with Crippen molar-refractivity contribution in [1.29, 1.82) is 0 Å². The number of nitrogens with zero attached hydrogens (tertiary/aromatic N) is 1. The summed E-state index contributed by atoms with van der Waals surface area (Å²) in [6.45, 7) is 1.02. The van der Waals surface area contributed by atoms with Gasteiger partial charge in [-0.25, -0.2) is 0 Å². The average molecular weight is 269 g/mol. The summed E-state index contributed by atoms with van der Waals surface area (Å²) in [6.07, 6.45) is 2.04. The Morgan fingerprint density at radius 1 is 1.24 bits per heavy atom. The normalized spacial score (nSPS) is 10.8. The molecule has 0 heterocycles. The molecule has 0 fully saturated rings. The fourth-order valence-corrected chi connectivity index (χ4v) is 2.67. The molecule has 4 heteroatoms. The minimum Gasteiger partial charge on any atom is -0.309 e. The van der Waals surface area contributed by atoms with Gasteiger partial charge in [-0.1, -0.05) is 12.1 Å². The molecule has 0 bridgehead atoms. The average Bonchev–Trinajstić information content (AvgIpc) is 2.34. The van der Waals surface area contributed by atoms with Crippen molar-refractivity contribution in [3.05, 3.63) is 29.8 Å². The van der Waals surface area contributed by atoms with Gasteiger partial charge in [-0.3, -0.25) is 4.79 Å². The van der Waals surface area contributed by atoms with Crippen molar-refractivity contribution in [2.45, 2.75) is 4.90 Å². The van der Waals surface area contributed by atoms with E-state index >= 15 is 0 Å². The second kappa shape index (κ2) is 7.80. The minimum atomic E-state index is 0.224. The number of carbonyl (C=O) groups excluding carboxylic acids is 1. The van der Waals surface area contributed by atoms with Gasteiger partial charge in [-0.2, -0.15) is 11.8 Å². The highest BCUT2D eigenvalue weighted by Crippen LogP contribution is 2.16. The summed E-state index contributed by atoms with van der Waals surface area (Å²) in [4.78, 5) is 15.2. The van der Waals surface area contributed by atoms with Crippen molar-refractivity contribution >= 4 is 29.3 Å². The van der Waals surface area contributed by atoms with Gasteiger partial charge in [-0.15, -0.1) is 11.8 Å². The smallest absolute Gasteiger partial charge is 0.172 e. The standard InChI is InChI=1S/C13H19NOS2/c1-14(2)8-9-17-10-13(15)11-4-6-12(16-3)7-5-11/h4-7H,8-10H2,1-3H3. The molecule has 0 atom stereocenters. The lowest BCUT2D eigenvalue weighted by molar-refractivity contribution is 0.102. The van der Waals surface area contributed by atoms with Crippen LogP contribution >= 0.6 is 23.5 Å². The molecule has 1 rings (SSSR count). The zero-order valence-corrected chi connectivity index (χ0v) is 12.2. The molecule has 0 amide bonds. The van der Waals surface area contributed by atoms with Gasteiger partial charge in [0.05, 0.1) is 5.75 Å². The van der Waals surface area contributed by atoms with Crippen LogP contribution in [0.3, 0.4) is 0 Å². The monoisotopic (exact) mass is 269 g/mol. The van der Waals surface area contributed by atoms with Crippen molar-refractivity contribution in [2.75, 3.05) is 38.4 Å². The van der Waals surface area contributed by atoms with Crippen molar-refractivity contribution in [3.8, 4) is 0 Å². The van der Waals surface area contributed by atoms with Crippen LogP contribution in [0.15, 0.2) is 29.2 Å². The number of hydrogen-bond acceptors (Lipinski definition) is 4. The largest absolute Gasteiger partial charge is 0.309 e. The van der Waals surface area contributed by atoms with Crippen molar-refractivity contribution < 1.29 is 4.79 Å². The van der Waals surface area contributed by atoms with Crippen LogP contribution in [0.5, 0.6) is 0 Å². The number of benzene rings is 1. The minimum absolute atomic E-state index is 0.224. The van der Waals surface area contributed by atoms with E-state index in [2.05, 4.69) is 4.90 Å². The second-order valence-corrected chi connectivity index (χ2v) is 5.99. The van der Waals surface area contributed by atoms with E-state index in [0.29, 0.717) is 5.75 Å². The number of thioether (sulfide) groups is 2. The van der Waals surface area contributed by atoms with E-state index < -0.39 is 0 Å². The first-order chi connectivity index (χ1) is 8.13. The molecule has 0 aliphatic heterocycles. The number of rotatable bonds is 7. The predicted octanol–water partition coefficient (Wildman–Crippen LogP) is 2.89. The Morgan fingerprint density at radius 3 is 2.41 bits per heavy atom. The van der Waals surface area contributed by atoms with E-state index in [-0.39, 0.29) is 5.78 Å². The zero-order valence-electron chi connectivity index (χ0n) is 10.6. The zero-order chi connectivity index (χ0) is 12.7. The molecular formula is C13H19NOS2. The van der Waals surface area contributed by atoms with Gasteiger partial charge in [0.25, 0.3) is 0 Å². The van der Waals surface area contributed by atoms with Crippen LogP contribution in [-0.2, 0) is 0 Å². The summed E-state index contributed by atoms with van der Waals surface area (Å²) in [5.74, 6) is 1.80. The molecule has 0 N–H and O–H groups in total. The molecule has 0 aliphatic rings. The first-order valence-corrected chi connectivity index (χ1v) is 7.91. The summed E-state index contributed by atoms with van der Waals surface area (Å²) < 4.78 is 0. The maximum atomic E-state index is 11.8. The lowest BCUT2D eigenvalue weighted by atomic mass is 10.1. The van der Waals surface area contributed by atoms with Crippen molar-refractivity contribution in [3.63, 3.8) is 0 Å². The van der Waals surface area contributed by atoms with E-state index in [1.807, 2.05) is 44.6 Å². The van der Waals surface area contributed by atoms with Crippen molar-refractivity contribution in [2.24, 2.45) is 0 Å². The van der Waals surface area contributed by atoms with E-state index in [0.717, 1.165) is 17.9 Å². The number of hydrogen-bond donors (Lipinski definition) is 0. The lowest BCUT2D eigenvalue weighted by Crippen LogP contribution is -2.15. The quantitative estimate of drug-likeness (QED) is 0.431. The summed E-state index contributed by atoms with van der Waals surface area (Å²) in [5, 5.41) is 0. The highest BCUT2D eigenvalue weighted by Gasteiger charge is 2.05. The Balaban J connectivity index is 2.36. The second-order valence-electron chi connectivity index (χ2n) is 4.01. The molecule has 0 radical (unpaired) electrons. The molecule has 2 nitrogen and oxygen atoms in total. The maximum Gasteiger partial charge on any atom is 0.172 e. The van der Waals surface area contributed by atoms with Gasteiger partial charge in [0.1, 0.15) is 0 Å². The molecule has 0 saturated carbocycles. The van der Waals surface area contributed by atoms with Crippen LogP contribution in [0.25, 0.3) is 0 Å². The number of ketones is 1. The number of Topliss-reactive ketones (excluding diaryl/α,β-unsaturated/α-hetero) is 1. The molecule has 0 spiro atoms. The fraction of sp³-hybridized carbons (Fsp3) is 0.462. The molecule has 0 aliphatic carbocycles. The van der Waals surface area contributed by atoms with Gasteiger partial charge >= 0.3 is 0 Å². The molecule has 94 valence electrons. The summed E-state index contributed by atoms with van der Waals surface area (Å²) in [5.41, 5.74) is 0.820. The van der Waals surface area contributed by atoms with E-state index in [9.17, 15) is 4.79 Å². The highest BCUT2D eigenvalue weighted by atomic mass is 32.2. The van der Waals surface area contributed by atoms with Crippen LogP contribution in [0.1, 0.15) is 10.4 Å². The van der Waals surface area contributed by atoms with Crippen LogP contribution in [0, 0.1) is 0 Å². The summed E-state index contributed by atoms with van der Waals surface area (Å²) in [7, 11) is 4.09. The van der Waals surface area contributed by atoms with Gasteiger partial charge in [-0.05, 0) is 32.5 Å². The maximum absolute atomic E-state index is 11.8. The molecule has 1 aromatic carbocycles. The third kappa shape index (κ3) is 5.61. The first-order valence-electron chi connectivity index (χ1n) is 5.53. The molecular weight excluding hydrogens is 250 g/mol.